The maximum atomic E-state index is 12.0. The highest BCUT2D eigenvalue weighted by Gasteiger charge is 2.19. The number of aryl methyl sites for hydroxylation is 1. The third-order valence-corrected chi connectivity index (χ3v) is 5.27. The van der Waals surface area contributed by atoms with Crippen LogP contribution in [0.1, 0.15) is 10.4 Å². The van der Waals surface area contributed by atoms with Crippen molar-refractivity contribution in [1.82, 2.24) is 10.2 Å². The Morgan fingerprint density at radius 1 is 1.50 bits per heavy atom. The van der Waals surface area contributed by atoms with Crippen molar-refractivity contribution in [3.8, 4) is 0 Å². The summed E-state index contributed by atoms with van der Waals surface area (Å²) in [5.41, 5.74) is 0.752. The van der Waals surface area contributed by atoms with Crippen LogP contribution in [0.3, 0.4) is 0 Å². The number of hydrogen-bond acceptors (Lipinski definition) is 6. The minimum absolute atomic E-state index is 0.148. The Balaban J connectivity index is 2.31. The van der Waals surface area contributed by atoms with E-state index in [1.165, 1.54) is 18.3 Å². The molecule has 0 atom stereocenters. The summed E-state index contributed by atoms with van der Waals surface area (Å²) >= 11 is 1.04. The van der Waals surface area contributed by atoms with E-state index < -0.39 is 10.0 Å². The molecule has 18 heavy (non-hydrogen) atoms. The number of nitrogens with zero attached hydrogens (tertiary/aromatic N) is 2. The van der Waals surface area contributed by atoms with Crippen molar-refractivity contribution in [3.63, 3.8) is 0 Å². The van der Waals surface area contributed by atoms with Crippen LogP contribution < -0.4 is 4.72 Å². The molecule has 2 rings (SSSR count). The van der Waals surface area contributed by atoms with E-state index in [1.807, 2.05) is 0 Å². The quantitative estimate of drug-likeness (QED) is 0.878. The summed E-state index contributed by atoms with van der Waals surface area (Å²) < 4.78 is 26.5. The monoisotopic (exact) mass is 285 g/mol. The molecule has 0 amide bonds. The Bertz CT molecular complexity index is 638. The van der Waals surface area contributed by atoms with Crippen LogP contribution in [0.4, 0.5) is 5.82 Å². The fourth-order valence-corrected chi connectivity index (χ4v) is 3.77. The van der Waals surface area contributed by atoms with Gasteiger partial charge in [-0.15, -0.1) is 16.4 Å². The first-order valence-electron chi connectivity index (χ1n) is 5.03. The molecule has 0 unspecified atom stereocenters. The Morgan fingerprint density at radius 2 is 2.28 bits per heavy atom. The van der Waals surface area contributed by atoms with E-state index in [0.717, 1.165) is 16.9 Å². The molecule has 0 spiro atoms. The van der Waals surface area contributed by atoms with Gasteiger partial charge in [0.15, 0.2) is 5.82 Å². The van der Waals surface area contributed by atoms with Crippen molar-refractivity contribution in [1.29, 1.82) is 0 Å². The van der Waals surface area contributed by atoms with E-state index in [1.54, 1.807) is 13.0 Å². The lowest BCUT2D eigenvalue weighted by Crippen LogP contribution is -2.12. The zero-order valence-electron chi connectivity index (χ0n) is 9.49. The molecule has 96 valence electrons. The Hall–Kier alpha value is -1.51. The van der Waals surface area contributed by atoms with Crippen molar-refractivity contribution in [3.05, 3.63) is 34.8 Å². The van der Waals surface area contributed by atoms with Gasteiger partial charge in [-0.05, 0) is 30.7 Å². The summed E-state index contributed by atoms with van der Waals surface area (Å²) in [6, 6.07) is 4.62. The summed E-state index contributed by atoms with van der Waals surface area (Å²) in [6.45, 7) is 1.58. The van der Waals surface area contributed by atoms with Crippen molar-refractivity contribution in [2.24, 2.45) is 0 Å². The molecule has 0 radical (unpaired) electrons. The normalized spacial score (nSPS) is 11.4. The first-order chi connectivity index (χ1) is 8.53. The number of aliphatic hydroxyl groups excluding tert-OH is 1. The average Bonchev–Trinajstić information content (AvgIpc) is 2.72. The van der Waals surface area contributed by atoms with Crippen LogP contribution in [0, 0.1) is 6.92 Å². The van der Waals surface area contributed by atoms with Crippen molar-refractivity contribution in [2.75, 3.05) is 4.72 Å². The topological polar surface area (TPSA) is 92.2 Å². The molecular formula is C10H11N3O3S2. The van der Waals surface area contributed by atoms with Crippen LogP contribution in [-0.2, 0) is 16.6 Å². The lowest BCUT2D eigenvalue weighted by Gasteiger charge is -2.03. The number of aliphatic hydroxyl groups is 1. The summed E-state index contributed by atoms with van der Waals surface area (Å²) in [5.74, 6) is 0.161. The molecule has 2 N–H and O–H groups in total. The second-order valence-corrected chi connectivity index (χ2v) is 6.59. The van der Waals surface area contributed by atoms with E-state index >= 15 is 0 Å². The lowest BCUT2D eigenvalue weighted by molar-refractivity contribution is 0.285. The van der Waals surface area contributed by atoms with Gasteiger partial charge in [0.05, 0.1) is 6.61 Å². The number of rotatable bonds is 4. The molecule has 8 heteroatoms. The molecular weight excluding hydrogens is 274 g/mol. The molecule has 0 aliphatic heterocycles. The first kappa shape index (κ1) is 12.9. The Morgan fingerprint density at radius 3 is 2.83 bits per heavy atom. The third-order valence-electron chi connectivity index (χ3n) is 2.22. The van der Waals surface area contributed by atoms with E-state index in [9.17, 15) is 8.42 Å². The standard InChI is InChI=1S/C10H11N3O3S2/c1-7-5-10(17-8(7)6-14)18(15,16)13-9-3-2-4-11-12-9/h2-5,14H,6H2,1H3,(H,12,13). The van der Waals surface area contributed by atoms with Gasteiger partial charge in [0, 0.05) is 11.1 Å². The fraction of sp³-hybridized carbons (Fsp3) is 0.200. The highest BCUT2D eigenvalue weighted by atomic mass is 32.2. The van der Waals surface area contributed by atoms with Crippen LogP contribution in [0.2, 0.25) is 0 Å². The van der Waals surface area contributed by atoms with Crippen molar-refractivity contribution < 1.29 is 13.5 Å². The van der Waals surface area contributed by atoms with Gasteiger partial charge in [-0.2, -0.15) is 5.10 Å². The number of sulfonamides is 1. The van der Waals surface area contributed by atoms with E-state index in [4.69, 9.17) is 5.11 Å². The third kappa shape index (κ3) is 2.66. The fourth-order valence-electron chi connectivity index (χ4n) is 1.32. The van der Waals surface area contributed by atoms with Gasteiger partial charge in [0.2, 0.25) is 0 Å². The van der Waals surface area contributed by atoms with Crippen LogP contribution in [0.5, 0.6) is 0 Å². The van der Waals surface area contributed by atoms with Crippen LogP contribution in [0.25, 0.3) is 0 Å². The van der Waals surface area contributed by atoms with Crippen LogP contribution in [0.15, 0.2) is 28.6 Å². The molecule has 2 aromatic rings. The summed E-state index contributed by atoms with van der Waals surface area (Å²) in [6.07, 6.45) is 1.46. The van der Waals surface area contributed by atoms with Gasteiger partial charge in [-0.25, -0.2) is 8.42 Å². The zero-order chi connectivity index (χ0) is 13.2. The number of aromatic nitrogens is 2. The van der Waals surface area contributed by atoms with Gasteiger partial charge in [0.25, 0.3) is 10.0 Å². The minimum Gasteiger partial charge on any atom is -0.391 e. The summed E-state index contributed by atoms with van der Waals surface area (Å²) in [5, 5.41) is 16.3. The number of anilines is 1. The largest absolute Gasteiger partial charge is 0.391 e. The highest BCUT2D eigenvalue weighted by Crippen LogP contribution is 2.27. The number of nitrogens with one attached hydrogen (secondary N) is 1. The highest BCUT2D eigenvalue weighted by molar-refractivity contribution is 7.94. The summed E-state index contributed by atoms with van der Waals surface area (Å²) in [7, 11) is -3.67. The second-order valence-electron chi connectivity index (χ2n) is 3.54. The van der Waals surface area contributed by atoms with Gasteiger partial charge in [-0.1, -0.05) is 0 Å². The van der Waals surface area contributed by atoms with Gasteiger partial charge in [0.1, 0.15) is 4.21 Å². The number of thiophene rings is 1. The molecule has 6 nitrogen and oxygen atoms in total. The number of hydrogen-bond donors (Lipinski definition) is 2. The maximum absolute atomic E-state index is 12.0. The van der Waals surface area contributed by atoms with Gasteiger partial charge < -0.3 is 5.11 Å². The van der Waals surface area contributed by atoms with Crippen LogP contribution >= 0.6 is 11.3 Å². The molecule has 0 saturated heterocycles. The smallest absolute Gasteiger partial charge is 0.272 e. The molecule has 2 aromatic heterocycles. The van der Waals surface area contributed by atoms with E-state index in [2.05, 4.69) is 14.9 Å². The predicted molar refractivity (Wildman–Crippen MR) is 67.8 cm³/mol. The molecule has 0 bridgehead atoms. The van der Waals surface area contributed by atoms with Crippen molar-refractivity contribution in [2.45, 2.75) is 17.7 Å². The zero-order valence-corrected chi connectivity index (χ0v) is 11.1. The average molecular weight is 285 g/mol. The Labute approximate surface area is 108 Å². The van der Waals surface area contributed by atoms with Gasteiger partial charge >= 0.3 is 0 Å². The van der Waals surface area contributed by atoms with Crippen LogP contribution in [-0.4, -0.2) is 23.7 Å². The predicted octanol–water partition coefficient (Wildman–Crippen LogP) is 1.14. The molecule has 2 heterocycles. The van der Waals surface area contributed by atoms with Gasteiger partial charge in [-0.3, -0.25) is 4.72 Å². The van der Waals surface area contributed by atoms with Crippen molar-refractivity contribution >= 4 is 27.2 Å². The van der Waals surface area contributed by atoms with E-state index in [0.29, 0.717) is 4.88 Å². The van der Waals surface area contributed by atoms with E-state index in [-0.39, 0.29) is 16.6 Å². The molecule has 0 aromatic carbocycles. The Kier molecular flexibility index (Phi) is 3.60. The second kappa shape index (κ2) is 5.01. The summed E-state index contributed by atoms with van der Waals surface area (Å²) in [4.78, 5) is 0.634. The molecule has 0 fully saturated rings. The molecule has 0 saturated carbocycles. The first-order valence-corrected chi connectivity index (χ1v) is 7.33. The minimum atomic E-state index is -3.67. The molecule has 0 aliphatic carbocycles. The SMILES string of the molecule is Cc1cc(S(=O)(=O)Nc2cccnn2)sc1CO. The maximum Gasteiger partial charge on any atom is 0.272 e. The lowest BCUT2D eigenvalue weighted by atomic mass is 10.3. The molecule has 0 aliphatic rings.